The van der Waals surface area contributed by atoms with Gasteiger partial charge in [-0.1, -0.05) is 41.9 Å². The maximum atomic E-state index is 12.3. The van der Waals surface area contributed by atoms with Gasteiger partial charge in [0.05, 0.1) is 4.92 Å². The third-order valence-electron chi connectivity index (χ3n) is 5.14. The first-order valence-electron chi connectivity index (χ1n) is 10.3. The molecule has 1 amide bonds. The zero-order valence-electron chi connectivity index (χ0n) is 17.5. The predicted octanol–water partition coefficient (Wildman–Crippen LogP) is 3.24. The van der Waals surface area contributed by atoms with E-state index >= 15 is 0 Å². The zero-order valence-corrected chi connectivity index (χ0v) is 17.5. The molecule has 1 aliphatic rings. The van der Waals surface area contributed by atoms with Gasteiger partial charge in [0.15, 0.2) is 5.84 Å². The highest BCUT2D eigenvalue weighted by molar-refractivity contribution is 5.98. The average molecular weight is 425 g/mol. The van der Waals surface area contributed by atoms with Crippen molar-refractivity contribution >= 4 is 23.1 Å². The van der Waals surface area contributed by atoms with E-state index in [9.17, 15) is 14.9 Å². The van der Waals surface area contributed by atoms with Crippen LogP contribution in [0.4, 0.5) is 11.4 Å². The van der Waals surface area contributed by atoms with E-state index < -0.39 is 16.9 Å². The van der Waals surface area contributed by atoms with Gasteiger partial charge in [0.1, 0.15) is 0 Å². The molecule has 3 rings (SSSR count). The van der Waals surface area contributed by atoms with Gasteiger partial charge >= 0.3 is 0 Å². The topological polar surface area (TPSA) is 123 Å². The first-order chi connectivity index (χ1) is 14.9. The van der Waals surface area contributed by atoms with Crippen LogP contribution < -0.4 is 11.1 Å². The smallest absolute Gasteiger partial charge is 0.271 e. The highest BCUT2D eigenvalue weighted by Crippen LogP contribution is 2.18. The van der Waals surface area contributed by atoms with Crippen molar-refractivity contribution in [2.45, 2.75) is 38.8 Å². The summed E-state index contributed by atoms with van der Waals surface area (Å²) >= 11 is 0. The van der Waals surface area contributed by atoms with Crippen LogP contribution in [0.15, 0.2) is 53.7 Å². The standard InChI is InChI=1S/C22H27N5O4/c1-16(22(28)24-18-9-7-10-19(14-18)27(29)30)31-25-21(23)20-11-4-3-8-17(20)15-26-12-5-2-6-13-26/h3-4,7-11,14,16H,2,5-6,12-13,15H2,1H3,(H2,23,25)(H,24,28). The summed E-state index contributed by atoms with van der Waals surface area (Å²) in [6, 6.07) is 13.4. The molecule has 0 bridgehead atoms. The Kier molecular flexibility index (Phi) is 7.55. The first-order valence-corrected chi connectivity index (χ1v) is 10.3. The number of nitrogens with two attached hydrogens (primary N) is 1. The summed E-state index contributed by atoms with van der Waals surface area (Å²) in [6.45, 7) is 4.45. The lowest BCUT2D eigenvalue weighted by molar-refractivity contribution is -0.384. The number of carbonyl (C=O) groups is 1. The monoisotopic (exact) mass is 425 g/mol. The molecule has 9 heteroatoms. The number of likely N-dealkylation sites (tertiary alicyclic amines) is 1. The van der Waals surface area contributed by atoms with Crippen LogP contribution >= 0.6 is 0 Å². The molecule has 3 N–H and O–H groups in total. The predicted molar refractivity (Wildman–Crippen MR) is 119 cm³/mol. The molecular weight excluding hydrogens is 398 g/mol. The number of amides is 1. The second-order valence-electron chi connectivity index (χ2n) is 7.51. The fraction of sp³-hybridized carbons (Fsp3) is 0.364. The molecule has 1 fully saturated rings. The minimum Gasteiger partial charge on any atom is -0.381 e. The molecule has 1 aliphatic heterocycles. The molecule has 0 spiro atoms. The van der Waals surface area contributed by atoms with Crippen LogP contribution in [0.2, 0.25) is 0 Å². The lowest BCUT2D eigenvalue weighted by Crippen LogP contribution is -2.30. The molecule has 2 aromatic rings. The second-order valence-corrected chi connectivity index (χ2v) is 7.51. The third kappa shape index (κ3) is 6.26. The summed E-state index contributed by atoms with van der Waals surface area (Å²) in [5.74, 6) is -0.291. The Hall–Kier alpha value is -3.46. The van der Waals surface area contributed by atoms with Gasteiger partial charge in [-0.2, -0.15) is 0 Å². The number of oxime groups is 1. The van der Waals surface area contributed by atoms with Crippen molar-refractivity contribution in [2.24, 2.45) is 10.9 Å². The van der Waals surface area contributed by atoms with Crippen molar-refractivity contribution in [2.75, 3.05) is 18.4 Å². The number of nitrogens with zero attached hydrogens (tertiary/aromatic N) is 3. The number of anilines is 1. The van der Waals surface area contributed by atoms with E-state index in [1.807, 2.05) is 24.3 Å². The van der Waals surface area contributed by atoms with Crippen molar-refractivity contribution in [3.63, 3.8) is 0 Å². The van der Waals surface area contributed by atoms with E-state index in [2.05, 4.69) is 15.4 Å². The van der Waals surface area contributed by atoms with Crippen molar-refractivity contribution < 1.29 is 14.6 Å². The summed E-state index contributed by atoms with van der Waals surface area (Å²) in [4.78, 5) is 30.4. The summed E-state index contributed by atoms with van der Waals surface area (Å²) in [5, 5.41) is 17.4. The van der Waals surface area contributed by atoms with E-state index in [4.69, 9.17) is 10.6 Å². The van der Waals surface area contributed by atoms with Gasteiger partial charge in [-0.3, -0.25) is 19.8 Å². The highest BCUT2D eigenvalue weighted by Gasteiger charge is 2.17. The van der Waals surface area contributed by atoms with E-state index in [1.165, 1.54) is 44.4 Å². The zero-order chi connectivity index (χ0) is 22.2. The van der Waals surface area contributed by atoms with Crippen LogP contribution in [0.5, 0.6) is 0 Å². The Bertz CT molecular complexity index is 956. The quantitative estimate of drug-likeness (QED) is 0.290. The van der Waals surface area contributed by atoms with Crippen LogP contribution in [0.25, 0.3) is 0 Å². The van der Waals surface area contributed by atoms with Gasteiger partial charge in [0.2, 0.25) is 6.10 Å². The molecule has 1 unspecified atom stereocenters. The normalized spacial score (nSPS) is 15.8. The molecule has 1 saturated heterocycles. The van der Waals surface area contributed by atoms with E-state index in [0.29, 0.717) is 5.69 Å². The molecule has 9 nitrogen and oxygen atoms in total. The summed E-state index contributed by atoms with van der Waals surface area (Å²) in [7, 11) is 0. The number of nitrogens with one attached hydrogen (secondary N) is 1. The van der Waals surface area contributed by atoms with Crippen LogP contribution in [-0.4, -0.2) is 40.8 Å². The minimum absolute atomic E-state index is 0.112. The van der Waals surface area contributed by atoms with Gasteiger partial charge in [0, 0.05) is 29.9 Å². The van der Waals surface area contributed by atoms with Gasteiger partial charge in [-0.05, 0) is 44.5 Å². The highest BCUT2D eigenvalue weighted by atomic mass is 16.6. The largest absolute Gasteiger partial charge is 0.381 e. The van der Waals surface area contributed by atoms with Gasteiger partial charge < -0.3 is 15.9 Å². The average Bonchev–Trinajstić information content (AvgIpc) is 2.78. The lowest BCUT2D eigenvalue weighted by atomic mass is 10.0. The number of piperidine rings is 1. The van der Waals surface area contributed by atoms with Crippen LogP contribution in [0.3, 0.4) is 0 Å². The summed E-state index contributed by atoms with van der Waals surface area (Å²) in [6.07, 6.45) is 2.73. The Labute approximate surface area is 181 Å². The number of amidine groups is 1. The fourth-order valence-corrected chi connectivity index (χ4v) is 3.44. The van der Waals surface area contributed by atoms with Gasteiger partial charge in [-0.25, -0.2) is 0 Å². The molecule has 0 aliphatic carbocycles. The molecule has 0 radical (unpaired) electrons. The number of nitro benzene ring substituents is 1. The molecule has 31 heavy (non-hydrogen) atoms. The maximum Gasteiger partial charge on any atom is 0.271 e. The number of hydrogen-bond acceptors (Lipinski definition) is 6. The van der Waals surface area contributed by atoms with Crippen molar-refractivity contribution in [3.05, 3.63) is 69.8 Å². The van der Waals surface area contributed by atoms with Gasteiger partial charge in [-0.15, -0.1) is 0 Å². The maximum absolute atomic E-state index is 12.3. The van der Waals surface area contributed by atoms with Gasteiger partial charge in [0.25, 0.3) is 11.6 Å². The molecule has 1 atom stereocenters. The number of non-ortho nitro benzene ring substituents is 1. The number of rotatable bonds is 8. The Morgan fingerprint density at radius 3 is 2.71 bits per heavy atom. The Morgan fingerprint density at radius 1 is 1.23 bits per heavy atom. The number of hydrogen-bond donors (Lipinski definition) is 2. The van der Waals surface area contributed by atoms with E-state index in [1.54, 1.807) is 6.07 Å². The SMILES string of the molecule is CC(O/N=C(/N)c1ccccc1CN1CCCCC1)C(=O)Nc1cccc([N+](=O)[O-])c1. The van der Waals surface area contributed by atoms with E-state index in [-0.39, 0.29) is 11.5 Å². The number of carbonyl (C=O) groups excluding carboxylic acids is 1. The first kappa shape index (κ1) is 22.2. The van der Waals surface area contributed by atoms with Crippen LogP contribution in [-0.2, 0) is 16.2 Å². The summed E-state index contributed by atoms with van der Waals surface area (Å²) < 4.78 is 0. The number of nitro groups is 1. The summed E-state index contributed by atoms with van der Waals surface area (Å²) in [5.41, 5.74) is 8.18. The Morgan fingerprint density at radius 2 is 1.97 bits per heavy atom. The minimum atomic E-state index is -0.938. The van der Waals surface area contributed by atoms with Crippen LogP contribution in [0.1, 0.15) is 37.3 Å². The molecule has 0 aromatic heterocycles. The van der Waals surface area contributed by atoms with E-state index in [0.717, 1.165) is 30.8 Å². The Balaban J connectivity index is 1.62. The van der Waals surface area contributed by atoms with Crippen molar-refractivity contribution in [3.8, 4) is 0 Å². The second kappa shape index (κ2) is 10.5. The molecule has 1 heterocycles. The van der Waals surface area contributed by atoms with Crippen LogP contribution in [0, 0.1) is 10.1 Å². The fourth-order valence-electron chi connectivity index (χ4n) is 3.44. The third-order valence-corrected chi connectivity index (χ3v) is 5.14. The molecule has 2 aromatic carbocycles. The molecule has 164 valence electrons. The van der Waals surface area contributed by atoms with Crippen molar-refractivity contribution in [1.82, 2.24) is 4.90 Å². The lowest BCUT2D eigenvalue weighted by Gasteiger charge is -2.27. The molecular formula is C22H27N5O4. The number of benzene rings is 2. The molecule has 0 saturated carbocycles. The van der Waals surface area contributed by atoms with Crippen molar-refractivity contribution in [1.29, 1.82) is 0 Å².